The van der Waals surface area contributed by atoms with Crippen molar-refractivity contribution in [3.05, 3.63) is 36.8 Å². The maximum Gasteiger partial charge on any atom is 0.118 e. The van der Waals surface area contributed by atoms with Gasteiger partial charge in [-0.05, 0) is 6.07 Å². The number of H-pyrrole nitrogens is 1. The molecule has 4 heteroatoms. The van der Waals surface area contributed by atoms with Gasteiger partial charge in [-0.1, -0.05) is 18.2 Å². The van der Waals surface area contributed by atoms with Gasteiger partial charge in [0.2, 0.25) is 0 Å². The number of fused-ring (bicyclic) bond motifs is 1. The van der Waals surface area contributed by atoms with Crippen LogP contribution in [0.2, 0.25) is 0 Å². The van der Waals surface area contributed by atoms with Crippen LogP contribution < -0.4 is 0 Å². The van der Waals surface area contributed by atoms with Crippen molar-refractivity contribution in [2.24, 2.45) is 7.05 Å². The Labute approximate surface area is 86.6 Å². The van der Waals surface area contributed by atoms with Crippen LogP contribution >= 0.6 is 0 Å². The lowest BCUT2D eigenvalue weighted by atomic mass is 10.2. The Morgan fingerprint density at radius 1 is 1.27 bits per heavy atom. The highest BCUT2D eigenvalue weighted by Crippen LogP contribution is 2.24. The van der Waals surface area contributed by atoms with Crippen molar-refractivity contribution >= 4 is 10.9 Å². The van der Waals surface area contributed by atoms with Crippen LogP contribution in [0.1, 0.15) is 0 Å². The molecular formula is C11H10N4. The van der Waals surface area contributed by atoms with Gasteiger partial charge in [0.1, 0.15) is 5.69 Å². The van der Waals surface area contributed by atoms with E-state index in [1.807, 2.05) is 36.0 Å². The summed E-state index contributed by atoms with van der Waals surface area (Å²) >= 11 is 0. The molecule has 0 spiro atoms. The average molecular weight is 198 g/mol. The Balaban J connectivity index is 2.32. The predicted molar refractivity (Wildman–Crippen MR) is 58.3 cm³/mol. The number of nitrogens with one attached hydrogen (secondary N) is 1. The smallest absolute Gasteiger partial charge is 0.118 e. The van der Waals surface area contributed by atoms with Crippen LogP contribution in [0.5, 0.6) is 0 Å². The summed E-state index contributed by atoms with van der Waals surface area (Å²) in [6.07, 6.45) is 3.60. The van der Waals surface area contributed by atoms with Crippen molar-refractivity contribution in [1.82, 2.24) is 19.7 Å². The van der Waals surface area contributed by atoms with Crippen molar-refractivity contribution < 1.29 is 0 Å². The minimum Gasteiger partial charge on any atom is -0.332 e. The minimum atomic E-state index is 0.950. The normalized spacial score (nSPS) is 11.0. The molecular weight excluding hydrogens is 188 g/mol. The molecule has 0 unspecified atom stereocenters. The minimum absolute atomic E-state index is 0.950. The van der Waals surface area contributed by atoms with E-state index in [1.165, 1.54) is 0 Å². The third kappa shape index (κ3) is 1.15. The second-order valence-electron chi connectivity index (χ2n) is 3.51. The van der Waals surface area contributed by atoms with Gasteiger partial charge >= 0.3 is 0 Å². The highest BCUT2D eigenvalue weighted by molar-refractivity contribution is 5.91. The summed E-state index contributed by atoms with van der Waals surface area (Å²) in [5, 5.41) is 8.45. The Morgan fingerprint density at radius 3 is 2.93 bits per heavy atom. The molecule has 15 heavy (non-hydrogen) atoms. The Hall–Kier alpha value is -2.10. The SMILES string of the molecule is Cn1cncc1-c1n[nH]c2ccccc12. The zero-order valence-corrected chi connectivity index (χ0v) is 8.31. The summed E-state index contributed by atoms with van der Waals surface area (Å²) in [6.45, 7) is 0. The third-order valence-corrected chi connectivity index (χ3v) is 2.53. The molecule has 0 amide bonds. The van der Waals surface area contributed by atoms with Crippen molar-refractivity contribution in [2.45, 2.75) is 0 Å². The molecule has 1 aromatic carbocycles. The highest BCUT2D eigenvalue weighted by Gasteiger charge is 2.09. The number of para-hydroxylation sites is 1. The standard InChI is InChI=1S/C11H10N4/c1-15-7-12-6-10(15)11-8-4-2-3-5-9(8)13-14-11/h2-7H,1H3,(H,13,14). The highest BCUT2D eigenvalue weighted by atomic mass is 15.1. The van der Waals surface area contributed by atoms with Crippen molar-refractivity contribution in [1.29, 1.82) is 0 Å². The Kier molecular flexibility index (Phi) is 1.62. The van der Waals surface area contributed by atoms with E-state index in [9.17, 15) is 0 Å². The summed E-state index contributed by atoms with van der Waals surface area (Å²) < 4.78 is 1.96. The van der Waals surface area contributed by atoms with Crippen molar-refractivity contribution in [3.63, 3.8) is 0 Å². The van der Waals surface area contributed by atoms with Crippen LogP contribution in [0.15, 0.2) is 36.8 Å². The maximum absolute atomic E-state index is 4.31. The van der Waals surface area contributed by atoms with Crippen LogP contribution in [-0.2, 0) is 7.05 Å². The molecule has 0 aliphatic rings. The number of aryl methyl sites for hydroxylation is 1. The molecule has 4 nitrogen and oxygen atoms in total. The van der Waals surface area contributed by atoms with E-state index in [2.05, 4.69) is 21.2 Å². The van der Waals surface area contributed by atoms with Gasteiger partial charge in [0, 0.05) is 12.4 Å². The first kappa shape index (κ1) is 8.23. The van der Waals surface area contributed by atoms with Gasteiger partial charge in [0.05, 0.1) is 23.7 Å². The number of aromatic nitrogens is 4. The molecule has 0 saturated heterocycles. The van der Waals surface area contributed by atoms with Crippen LogP contribution in [0, 0.1) is 0 Å². The second-order valence-corrected chi connectivity index (χ2v) is 3.51. The van der Waals surface area contributed by atoms with E-state index in [0.29, 0.717) is 0 Å². The summed E-state index contributed by atoms with van der Waals surface area (Å²) in [7, 11) is 1.96. The van der Waals surface area contributed by atoms with Gasteiger partial charge < -0.3 is 4.57 Å². The van der Waals surface area contributed by atoms with E-state index < -0.39 is 0 Å². The number of nitrogens with zero attached hydrogens (tertiary/aromatic N) is 3. The van der Waals surface area contributed by atoms with E-state index >= 15 is 0 Å². The number of benzene rings is 1. The molecule has 0 radical (unpaired) electrons. The molecule has 2 heterocycles. The quantitative estimate of drug-likeness (QED) is 0.649. The van der Waals surface area contributed by atoms with Gasteiger partial charge in [0.25, 0.3) is 0 Å². The van der Waals surface area contributed by atoms with Gasteiger partial charge in [-0.15, -0.1) is 0 Å². The fourth-order valence-corrected chi connectivity index (χ4v) is 1.74. The van der Waals surface area contributed by atoms with Crippen LogP contribution in [-0.4, -0.2) is 19.7 Å². The first-order chi connectivity index (χ1) is 7.36. The number of aromatic amines is 1. The first-order valence-electron chi connectivity index (χ1n) is 4.76. The Morgan fingerprint density at radius 2 is 2.13 bits per heavy atom. The lowest BCUT2D eigenvalue weighted by Crippen LogP contribution is -1.89. The van der Waals surface area contributed by atoms with E-state index in [1.54, 1.807) is 6.33 Å². The molecule has 0 saturated carbocycles. The molecule has 0 atom stereocenters. The molecule has 0 aliphatic carbocycles. The molecule has 0 aliphatic heterocycles. The topological polar surface area (TPSA) is 46.5 Å². The number of imidazole rings is 1. The van der Waals surface area contributed by atoms with E-state index in [-0.39, 0.29) is 0 Å². The lowest BCUT2D eigenvalue weighted by molar-refractivity contribution is 0.914. The Bertz CT molecular complexity index is 606. The molecule has 3 rings (SSSR count). The molecule has 1 N–H and O–H groups in total. The summed E-state index contributed by atoms with van der Waals surface area (Å²) in [5.74, 6) is 0. The number of hydrogen-bond acceptors (Lipinski definition) is 2. The summed E-state index contributed by atoms with van der Waals surface area (Å²) in [4.78, 5) is 4.09. The van der Waals surface area contributed by atoms with Gasteiger partial charge in [-0.2, -0.15) is 5.10 Å². The van der Waals surface area contributed by atoms with Crippen LogP contribution in [0.3, 0.4) is 0 Å². The monoisotopic (exact) mass is 198 g/mol. The van der Waals surface area contributed by atoms with Crippen molar-refractivity contribution in [3.8, 4) is 11.4 Å². The van der Waals surface area contributed by atoms with E-state index in [0.717, 1.165) is 22.3 Å². The number of rotatable bonds is 1. The molecule has 74 valence electrons. The largest absolute Gasteiger partial charge is 0.332 e. The van der Waals surface area contributed by atoms with Gasteiger partial charge in [-0.25, -0.2) is 4.98 Å². The fourth-order valence-electron chi connectivity index (χ4n) is 1.74. The second kappa shape index (κ2) is 2.95. The van der Waals surface area contributed by atoms with Gasteiger partial charge in [-0.3, -0.25) is 5.10 Å². The van der Waals surface area contributed by atoms with Crippen LogP contribution in [0.25, 0.3) is 22.3 Å². The first-order valence-corrected chi connectivity index (χ1v) is 4.76. The molecule has 2 aromatic heterocycles. The summed E-state index contributed by atoms with van der Waals surface area (Å²) in [6, 6.07) is 8.08. The zero-order valence-electron chi connectivity index (χ0n) is 8.31. The summed E-state index contributed by atoms with van der Waals surface area (Å²) in [5.41, 5.74) is 3.02. The van der Waals surface area contributed by atoms with Gasteiger partial charge in [0.15, 0.2) is 0 Å². The van der Waals surface area contributed by atoms with Crippen LogP contribution in [0.4, 0.5) is 0 Å². The molecule has 0 fully saturated rings. The molecule has 0 bridgehead atoms. The lowest BCUT2D eigenvalue weighted by Gasteiger charge is -1.97. The maximum atomic E-state index is 4.31. The number of hydrogen-bond donors (Lipinski definition) is 1. The zero-order chi connectivity index (χ0) is 10.3. The average Bonchev–Trinajstić information content (AvgIpc) is 2.83. The predicted octanol–water partition coefficient (Wildman–Crippen LogP) is 1.96. The fraction of sp³-hybridized carbons (Fsp3) is 0.0909. The molecule has 3 aromatic rings. The van der Waals surface area contributed by atoms with E-state index in [4.69, 9.17) is 0 Å². The van der Waals surface area contributed by atoms with Crippen molar-refractivity contribution in [2.75, 3.05) is 0 Å². The third-order valence-electron chi connectivity index (χ3n) is 2.53.